The monoisotopic (exact) mass is 485 g/mol. The molecule has 0 radical (unpaired) electrons. The molecule has 0 aliphatic rings. The highest BCUT2D eigenvalue weighted by atomic mass is 35.5. The summed E-state index contributed by atoms with van der Waals surface area (Å²) in [6, 6.07) is 16.1. The maximum Gasteiger partial charge on any atom is 0.265 e. The number of anilines is 1. The van der Waals surface area contributed by atoms with Crippen molar-refractivity contribution in [3.05, 3.63) is 81.9 Å². The molecule has 1 N–H and O–H groups in total. The molecule has 4 aromatic rings. The fourth-order valence-electron chi connectivity index (χ4n) is 3.47. The lowest BCUT2D eigenvalue weighted by molar-refractivity contribution is 0.392. The van der Waals surface area contributed by atoms with Gasteiger partial charge in [-0.1, -0.05) is 23.7 Å². The second kappa shape index (κ2) is 8.76. The standard InChI is InChI=1S/C23H20ClN3O5S/c1-14-25-19-7-5-4-6-17(19)23(28)27(14)15-8-10-18(24)20(12-15)26-33(29,30)22-13-16(31-2)9-11-21(22)32-3/h4-13,26H,1-3H3. The highest BCUT2D eigenvalue weighted by Gasteiger charge is 2.22. The molecule has 170 valence electrons. The molecule has 3 aromatic carbocycles. The van der Waals surface area contributed by atoms with Gasteiger partial charge in [0, 0.05) is 6.07 Å². The summed E-state index contributed by atoms with van der Waals surface area (Å²) in [5.74, 6) is 0.936. The minimum absolute atomic E-state index is 0.0958. The van der Waals surface area contributed by atoms with Crippen LogP contribution in [0.4, 0.5) is 5.69 Å². The molecule has 8 nitrogen and oxygen atoms in total. The number of hydrogen-bond donors (Lipinski definition) is 1. The third-order valence-corrected chi connectivity index (χ3v) is 6.77. The van der Waals surface area contributed by atoms with Gasteiger partial charge in [-0.3, -0.25) is 14.1 Å². The van der Waals surface area contributed by atoms with Gasteiger partial charge in [0.1, 0.15) is 22.2 Å². The zero-order chi connectivity index (χ0) is 23.8. The SMILES string of the molecule is COc1ccc(OC)c(S(=O)(=O)Nc2cc(-n3c(C)nc4ccccc4c3=O)ccc2Cl)c1. The average molecular weight is 486 g/mol. The maximum atomic E-state index is 13.2. The van der Waals surface area contributed by atoms with Gasteiger partial charge in [0.2, 0.25) is 0 Å². The number of para-hydroxylation sites is 1. The van der Waals surface area contributed by atoms with Gasteiger partial charge in [-0.05, 0) is 49.4 Å². The topological polar surface area (TPSA) is 99.5 Å². The summed E-state index contributed by atoms with van der Waals surface area (Å²) in [5.41, 5.74) is 0.814. The van der Waals surface area contributed by atoms with E-state index in [0.717, 1.165) is 0 Å². The molecule has 4 rings (SSSR count). The number of nitrogens with one attached hydrogen (secondary N) is 1. The van der Waals surface area contributed by atoms with Crippen LogP contribution in [-0.2, 0) is 10.0 Å². The van der Waals surface area contributed by atoms with Crippen molar-refractivity contribution in [1.29, 1.82) is 0 Å². The van der Waals surface area contributed by atoms with Crippen LogP contribution < -0.4 is 19.8 Å². The number of ether oxygens (including phenoxy) is 2. The summed E-state index contributed by atoms with van der Waals surface area (Å²) in [7, 11) is -1.30. The summed E-state index contributed by atoms with van der Waals surface area (Å²) in [6.07, 6.45) is 0. The number of nitrogens with zero attached hydrogens (tertiary/aromatic N) is 2. The average Bonchev–Trinajstić information content (AvgIpc) is 2.80. The number of rotatable bonds is 6. The lowest BCUT2D eigenvalue weighted by Crippen LogP contribution is -2.22. The number of benzene rings is 3. The van der Waals surface area contributed by atoms with Crippen LogP contribution in [0.2, 0.25) is 5.02 Å². The Balaban J connectivity index is 1.82. The van der Waals surface area contributed by atoms with Crippen molar-refractivity contribution in [2.75, 3.05) is 18.9 Å². The number of methoxy groups -OCH3 is 2. The van der Waals surface area contributed by atoms with Gasteiger partial charge in [-0.25, -0.2) is 13.4 Å². The van der Waals surface area contributed by atoms with Crippen molar-refractivity contribution in [1.82, 2.24) is 9.55 Å². The van der Waals surface area contributed by atoms with Crippen molar-refractivity contribution in [2.45, 2.75) is 11.8 Å². The normalized spacial score (nSPS) is 11.4. The molecule has 0 aliphatic carbocycles. The van der Waals surface area contributed by atoms with Gasteiger partial charge in [0.15, 0.2) is 0 Å². The van der Waals surface area contributed by atoms with E-state index in [1.165, 1.54) is 43.1 Å². The van der Waals surface area contributed by atoms with Gasteiger partial charge in [-0.2, -0.15) is 0 Å². The highest BCUT2D eigenvalue weighted by molar-refractivity contribution is 7.92. The summed E-state index contributed by atoms with van der Waals surface area (Å²) >= 11 is 6.30. The van der Waals surface area contributed by atoms with E-state index in [9.17, 15) is 13.2 Å². The van der Waals surface area contributed by atoms with E-state index < -0.39 is 10.0 Å². The van der Waals surface area contributed by atoms with Gasteiger partial charge in [0.05, 0.1) is 41.5 Å². The van der Waals surface area contributed by atoms with E-state index in [0.29, 0.717) is 28.2 Å². The van der Waals surface area contributed by atoms with Crippen molar-refractivity contribution >= 4 is 38.2 Å². The Morgan fingerprint density at radius 1 is 1.00 bits per heavy atom. The van der Waals surface area contributed by atoms with Gasteiger partial charge >= 0.3 is 0 Å². The van der Waals surface area contributed by atoms with Crippen LogP contribution in [0.15, 0.2) is 70.4 Å². The lowest BCUT2D eigenvalue weighted by atomic mass is 10.2. The molecular weight excluding hydrogens is 466 g/mol. The molecule has 0 bridgehead atoms. The van der Waals surface area contributed by atoms with Gasteiger partial charge in [0.25, 0.3) is 15.6 Å². The summed E-state index contributed by atoms with van der Waals surface area (Å²) in [4.78, 5) is 17.5. The van der Waals surface area contributed by atoms with E-state index in [4.69, 9.17) is 21.1 Å². The third kappa shape index (κ3) is 4.24. The number of aryl methyl sites for hydroxylation is 1. The van der Waals surface area contributed by atoms with Crippen molar-refractivity contribution < 1.29 is 17.9 Å². The predicted octanol–water partition coefficient (Wildman–Crippen LogP) is 4.17. The molecule has 0 amide bonds. The molecule has 1 heterocycles. The fourth-order valence-corrected chi connectivity index (χ4v) is 4.95. The number of sulfonamides is 1. The second-order valence-electron chi connectivity index (χ2n) is 7.10. The van der Waals surface area contributed by atoms with Gasteiger partial charge < -0.3 is 9.47 Å². The Morgan fingerprint density at radius 2 is 1.76 bits per heavy atom. The largest absolute Gasteiger partial charge is 0.497 e. The summed E-state index contributed by atoms with van der Waals surface area (Å²) < 4.78 is 40.6. The molecule has 0 atom stereocenters. The number of halogens is 1. The molecule has 0 fully saturated rings. The van der Waals surface area contributed by atoms with Gasteiger partial charge in [-0.15, -0.1) is 0 Å². The van der Waals surface area contributed by atoms with Crippen LogP contribution in [0.3, 0.4) is 0 Å². The van der Waals surface area contributed by atoms with Crippen molar-refractivity contribution in [3.63, 3.8) is 0 Å². The van der Waals surface area contributed by atoms with Crippen LogP contribution in [0, 0.1) is 6.92 Å². The zero-order valence-corrected chi connectivity index (χ0v) is 19.6. The Labute approximate surface area is 195 Å². The van der Waals surface area contributed by atoms with Crippen LogP contribution in [0.5, 0.6) is 11.5 Å². The summed E-state index contributed by atoms with van der Waals surface area (Å²) in [5, 5.41) is 0.602. The molecule has 0 spiro atoms. The van der Waals surface area contributed by atoms with E-state index >= 15 is 0 Å². The first-order valence-corrected chi connectivity index (χ1v) is 11.6. The molecule has 0 aliphatic heterocycles. The first kappa shape index (κ1) is 22.6. The van der Waals surface area contributed by atoms with Crippen molar-refractivity contribution in [3.8, 4) is 17.2 Å². The first-order chi connectivity index (χ1) is 15.7. The lowest BCUT2D eigenvalue weighted by Gasteiger charge is -2.16. The fraction of sp³-hybridized carbons (Fsp3) is 0.130. The molecule has 33 heavy (non-hydrogen) atoms. The van der Waals surface area contributed by atoms with E-state index in [-0.39, 0.29) is 26.9 Å². The number of aromatic nitrogens is 2. The van der Waals surface area contributed by atoms with Crippen LogP contribution in [0.1, 0.15) is 5.82 Å². The first-order valence-electron chi connectivity index (χ1n) is 9.78. The van der Waals surface area contributed by atoms with E-state index in [1.54, 1.807) is 43.3 Å². The molecule has 0 saturated heterocycles. The molecule has 0 unspecified atom stereocenters. The number of fused-ring (bicyclic) bond motifs is 1. The minimum atomic E-state index is -4.11. The molecule has 1 aromatic heterocycles. The maximum absolute atomic E-state index is 13.2. The van der Waals surface area contributed by atoms with Crippen molar-refractivity contribution in [2.24, 2.45) is 0 Å². The third-order valence-electron chi connectivity index (χ3n) is 5.06. The minimum Gasteiger partial charge on any atom is -0.497 e. The highest BCUT2D eigenvalue weighted by Crippen LogP contribution is 2.32. The van der Waals surface area contributed by atoms with E-state index in [1.807, 2.05) is 0 Å². The Kier molecular flexibility index (Phi) is 6.01. The predicted molar refractivity (Wildman–Crippen MR) is 127 cm³/mol. The quantitative estimate of drug-likeness (QED) is 0.440. The summed E-state index contributed by atoms with van der Waals surface area (Å²) in [6.45, 7) is 1.70. The Hall–Kier alpha value is -3.56. The van der Waals surface area contributed by atoms with Crippen LogP contribution in [0.25, 0.3) is 16.6 Å². The Bertz CT molecular complexity index is 1530. The van der Waals surface area contributed by atoms with Crippen LogP contribution >= 0.6 is 11.6 Å². The number of hydrogen-bond acceptors (Lipinski definition) is 6. The Morgan fingerprint density at radius 3 is 2.48 bits per heavy atom. The molecular formula is C23H20ClN3O5S. The van der Waals surface area contributed by atoms with Crippen LogP contribution in [-0.4, -0.2) is 32.2 Å². The molecule has 10 heteroatoms. The zero-order valence-electron chi connectivity index (χ0n) is 18.0. The smallest absolute Gasteiger partial charge is 0.265 e. The second-order valence-corrected chi connectivity index (χ2v) is 9.16. The van der Waals surface area contributed by atoms with E-state index in [2.05, 4.69) is 9.71 Å². The molecule has 0 saturated carbocycles.